The first-order chi connectivity index (χ1) is 11.7. The molecule has 3 heterocycles. The quantitative estimate of drug-likeness (QED) is 0.789. The summed E-state index contributed by atoms with van der Waals surface area (Å²) in [4.78, 5) is 17.8. The molecule has 7 heteroatoms. The predicted molar refractivity (Wildman–Crippen MR) is 90.6 cm³/mol. The number of rotatable bonds is 4. The number of hydrogen-bond donors (Lipinski definition) is 1. The van der Waals surface area contributed by atoms with Crippen molar-refractivity contribution in [2.45, 2.75) is 13.0 Å². The molecule has 124 valence electrons. The molecule has 1 aliphatic heterocycles. The van der Waals surface area contributed by atoms with Crippen LogP contribution in [-0.4, -0.2) is 29.0 Å². The number of imidazole rings is 1. The van der Waals surface area contributed by atoms with Gasteiger partial charge in [-0.15, -0.1) is 11.3 Å². The molecule has 1 atom stereocenters. The van der Waals surface area contributed by atoms with Crippen molar-refractivity contribution in [3.05, 3.63) is 47.2 Å². The van der Waals surface area contributed by atoms with Crippen molar-refractivity contribution in [3.8, 4) is 11.5 Å². The summed E-state index contributed by atoms with van der Waals surface area (Å²) in [6, 6.07) is 5.75. The van der Waals surface area contributed by atoms with E-state index in [-0.39, 0.29) is 11.8 Å². The molecule has 1 N–H and O–H groups in total. The number of methoxy groups -OCH3 is 1. The van der Waals surface area contributed by atoms with Gasteiger partial charge >= 0.3 is 0 Å². The summed E-state index contributed by atoms with van der Waals surface area (Å²) in [6.45, 7) is 0.784. The van der Waals surface area contributed by atoms with Crippen LogP contribution < -0.4 is 14.8 Å². The highest BCUT2D eigenvalue weighted by molar-refractivity contribution is 7.15. The number of aromatic nitrogens is 2. The second-order valence-electron chi connectivity index (χ2n) is 5.70. The van der Waals surface area contributed by atoms with Crippen molar-refractivity contribution in [2.24, 2.45) is 5.92 Å². The average molecular weight is 343 g/mol. The van der Waals surface area contributed by atoms with E-state index >= 15 is 0 Å². The summed E-state index contributed by atoms with van der Waals surface area (Å²) in [7, 11) is 1.62. The maximum atomic E-state index is 12.4. The standard InChI is InChI=1S/C17H17N3O3S/c1-22-14-4-2-3-11-7-12(10-23-15(11)14)16(21)18-8-13-9-20-5-6-24-17(20)19-13/h2-6,9,12H,7-8,10H2,1H3,(H,18,21)/t12-/m0/s1. The number of nitrogens with zero attached hydrogens (tertiary/aromatic N) is 2. The number of amides is 1. The third-order valence-corrected chi connectivity index (χ3v) is 4.90. The third-order valence-electron chi connectivity index (χ3n) is 4.13. The molecule has 1 aromatic carbocycles. The molecule has 0 spiro atoms. The Labute approximate surface area is 143 Å². The smallest absolute Gasteiger partial charge is 0.227 e. The number of nitrogens with one attached hydrogen (secondary N) is 1. The summed E-state index contributed by atoms with van der Waals surface area (Å²) in [5.41, 5.74) is 1.86. The number of thiazole rings is 1. The minimum atomic E-state index is -0.201. The van der Waals surface area contributed by atoms with Gasteiger partial charge in [-0.2, -0.15) is 0 Å². The van der Waals surface area contributed by atoms with Gasteiger partial charge in [0, 0.05) is 17.8 Å². The second kappa shape index (κ2) is 6.16. The van der Waals surface area contributed by atoms with E-state index in [9.17, 15) is 4.79 Å². The van der Waals surface area contributed by atoms with Crippen LogP contribution in [0.4, 0.5) is 0 Å². The summed E-state index contributed by atoms with van der Waals surface area (Å²) in [6.07, 6.45) is 4.54. The Morgan fingerprint density at radius 2 is 2.46 bits per heavy atom. The van der Waals surface area contributed by atoms with Crippen LogP contribution in [0.5, 0.6) is 11.5 Å². The monoisotopic (exact) mass is 343 g/mol. The van der Waals surface area contributed by atoms with Gasteiger partial charge in [-0.3, -0.25) is 9.20 Å². The van der Waals surface area contributed by atoms with Gasteiger partial charge in [-0.25, -0.2) is 4.98 Å². The van der Waals surface area contributed by atoms with Crippen LogP contribution >= 0.6 is 11.3 Å². The Balaban J connectivity index is 1.41. The molecule has 0 aliphatic carbocycles. The fourth-order valence-corrected chi connectivity index (χ4v) is 3.63. The Kier molecular flexibility index (Phi) is 3.86. The highest BCUT2D eigenvalue weighted by Gasteiger charge is 2.27. The van der Waals surface area contributed by atoms with Gasteiger partial charge in [0.2, 0.25) is 5.91 Å². The van der Waals surface area contributed by atoms with E-state index in [4.69, 9.17) is 9.47 Å². The highest BCUT2D eigenvalue weighted by Crippen LogP contribution is 2.36. The highest BCUT2D eigenvalue weighted by atomic mass is 32.1. The molecule has 2 aromatic heterocycles. The lowest BCUT2D eigenvalue weighted by Gasteiger charge is -2.25. The van der Waals surface area contributed by atoms with Crippen LogP contribution in [-0.2, 0) is 17.8 Å². The fraction of sp³-hybridized carbons (Fsp3) is 0.294. The van der Waals surface area contributed by atoms with E-state index in [1.54, 1.807) is 18.4 Å². The summed E-state index contributed by atoms with van der Waals surface area (Å²) < 4.78 is 13.0. The van der Waals surface area contributed by atoms with Gasteiger partial charge in [0.15, 0.2) is 16.5 Å². The maximum absolute atomic E-state index is 12.4. The number of benzene rings is 1. The van der Waals surface area contributed by atoms with Crippen LogP contribution in [0.2, 0.25) is 0 Å². The zero-order chi connectivity index (χ0) is 16.5. The van der Waals surface area contributed by atoms with E-state index in [1.165, 1.54) is 0 Å². The number of fused-ring (bicyclic) bond motifs is 2. The third kappa shape index (κ3) is 2.71. The van der Waals surface area contributed by atoms with E-state index in [0.29, 0.717) is 25.3 Å². The van der Waals surface area contributed by atoms with Gasteiger partial charge in [-0.1, -0.05) is 12.1 Å². The van der Waals surface area contributed by atoms with E-state index in [0.717, 1.165) is 22.0 Å². The molecular formula is C17H17N3O3S. The van der Waals surface area contributed by atoms with Crippen molar-refractivity contribution >= 4 is 22.2 Å². The zero-order valence-corrected chi connectivity index (χ0v) is 14.0. The molecule has 0 fully saturated rings. The molecule has 4 rings (SSSR count). The van der Waals surface area contributed by atoms with Crippen LogP contribution in [0.25, 0.3) is 4.96 Å². The molecule has 0 saturated carbocycles. The molecule has 24 heavy (non-hydrogen) atoms. The number of hydrogen-bond acceptors (Lipinski definition) is 5. The van der Waals surface area contributed by atoms with Crippen LogP contribution in [0.15, 0.2) is 36.0 Å². The van der Waals surface area contributed by atoms with Crippen molar-refractivity contribution in [1.82, 2.24) is 14.7 Å². The van der Waals surface area contributed by atoms with Crippen LogP contribution in [0.3, 0.4) is 0 Å². The van der Waals surface area contributed by atoms with Crippen molar-refractivity contribution in [2.75, 3.05) is 13.7 Å². The van der Waals surface area contributed by atoms with Crippen molar-refractivity contribution in [3.63, 3.8) is 0 Å². The summed E-state index contributed by atoms with van der Waals surface area (Å²) in [5.74, 6) is 1.25. The maximum Gasteiger partial charge on any atom is 0.227 e. The predicted octanol–water partition coefficient (Wildman–Crippen LogP) is 2.27. The minimum absolute atomic E-state index is 0.0141. The molecular weight excluding hydrogens is 326 g/mol. The molecule has 0 saturated heterocycles. The minimum Gasteiger partial charge on any atom is -0.493 e. The SMILES string of the molecule is COc1cccc2c1OC[C@@H](C(=O)NCc1cn3ccsc3n1)C2. The topological polar surface area (TPSA) is 64.9 Å². The Bertz CT molecular complexity index is 858. The average Bonchev–Trinajstić information content (AvgIpc) is 3.20. The molecule has 0 unspecified atom stereocenters. The van der Waals surface area contributed by atoms with Gasteiger partial charge in [0.1, 0.15) is 6.61 Å². The number of ether oxygens (including phenoxy) is 2. The summed E-state index contributed by atoms with van der Waals surface area (Å²) in [5, 5.41) is 4.94. The first-order valence-electron chi connectivity index (χ1n) is 7.72. The van der Waals surface area contributed by atoms with Gasteiger partial charge in [0.05, 0.1) is 25.3 Å². The Hall–Kier alpha value is -2.54. The molecule has 1 amide bonds. The first kappa shape index (κ1) is 15.0. The fourth-order valence-electron chi connectivity index (χ4n) is 2.91. The summed E-state index contributed by atoms with van der Waals surface area (Å²) >= 11 is 1.57. The molecule has 0 radical (unpaired) electrons. The lowest BCUT2D eigenvalue weighted by atomic mass is 9.95. The number of carbonyl (C=O) groups is 1. The lowest BCUT2D eigenvalue weighted by Crippen LogP contribution is -2.37. The normalized spacial score (nSPS) is 16.5. The van der Waals surface area contributed by atoms with Gasteiger partial charge in [0.25, 0.3) is 0 Å². The van der Waals surface area contributed by atoms with E-state index in [1.807, 2.05) is 40.4 Å². The molecule has 6 nitrogen and oxygen atoms in total. The molecule has 1 aliphatic rings. The van der Waals surface area contributed by atoms with Gasteiger partial charge < -0.3 is 14.8 Å². The first-order valence-corrected chi connectivity index (χ1v) is 8.60. The van der Waals surface area contributed by atoms with Crippen LogP contribution in [0, 0.1) is 5.92 Å². The van der Waals surface area contributed by atoms with Crippen molar-refractivity contribution in [1.29, 1.82) is 0 Å². The lowest BCUT2D eigenvalue weighted by molar-refractivity contribution is -0.126. The Morgan fingerprint density at radius 3 is 3.29 bits per heavy atom. The largest absolute Gasteiger partial charge is 0.493 e. The van der Waals surface area contributed by atoms with Crippen molar-refractivity contribution < 1.29 is 14.3 Å². The molecule has 0 bridgehead atoms. The van der Waals surface area contributed by atoms with E-state index < -0.39 is 0 Å². The van der Waals surface area contributed by atoms with Gasteiger partial charge in [-0.05, 0) is 18.1 Å². The number of para-hydroxylation sites is 1. The zero-order valence-electron chi connectivity index (χ0n) is 13.2. The molecule has 3 aromatic rings. The van der Waals surface area contributed by atoms with Crippen LogP contribution in [0.1, 0.15) is 11.3 Å². The van der Waals surface area contributed by atoms with E-state index in [2.05, 4.69) is 10.3 Å². The second-order valence-corrected chi connectivity index (χ2v) is 6.58. The Morgan fingerprint density at radius 1 is 1.54 bits per heavy atom. The number of carbonyl (C=O) groups excluding carboxylic acids is 1.